The molecule has 11 heteroatoms. The van der Waals surface area contributed by atoms with E-state index in [1.54, 1.807) is 72.8 Å². The number of carbonyl (C=O) groups excluding carboxylic acids is 3. The Balaban J connectivity index is 1.50. The largest absolute Gasteiger partial charge is 0.507 e. The first kappa shape index (κ1) is 26.6. The van der Waals surface area contributed by atoms with Gasteiger partial charge in [0.1, 0.15) is 11.5 Å². The van der Waals surface area contributed by atoms with Gasteiger partial charge in [0.2, 0.25) is 5.13 Å². The Labute approximate surface area is 236 Å². The van der Waals surface area contributed by atoms with Gasteiger partial charge in [-0.25, -0.2) is 0 Å². The molecule has 3 aromatic carbocycles. The molecule has 1 aromatic heterocycles. The number of aliphatic hydroxyl groups is 1. The van der Waals surface area contributed by atoms with Crippen LogP contribution in [0.2, 0.25) is 5.02 Å². The van der Waals surface area contributed by atoms with Crippen molar-refractivity contribution in [3.05, 3.63) is 106 Å². The number of hydrogen-bond acceptors (Lipinski definition) is 9. The van der Waals surface area contributed by atoms with E-state index in [-0.39, 0.29) is 28.0 Å². The molecule has 1 aliphatic rings. The van der Waals surface area contributed by atoms with E-state index < -0.39 is 17.7 Å². The SMILES string of the molecule is COc1ccc(C(O)=C2C(=O)C(=O)N(c3nnc(SCC(=O)c4ccccc4)s3)[C@H]2c2ccc(Cl)cc2)cc1. The lowest BCUT2D eigenvalue weighted by Gasteiger charge is -2.22. The number of methoxy groups -OCH3 is 1. The summed E-state index contributed by atoms with van der Waals surface area (Å²) in [5.41, 5.74) is 1.40. The van der Waals surface area contributed by atoms with Crippen LogP contribution in [0.5, 0.6) is 5.75 Å². The van der Waals surface area contributed by atoms with Gasteiger partial charge in [-0.05, 0) is 42.0 Å². The highest BCUT2D eigenvalue weighted by atomic mass is 35.5. The quantitative estimate of drug-likeness (QED) is 0.0698. The molecule has 0 aliphatic carbocycles. The van der Waals surface area contributed by atoms with Gasteiger partial charge < -0.3 is 9.84 Å². The molecule has 1 N–H and O–H groups in total. The minimum atomic E-state index is -0.971. The third-order valence-corrected chi connectivity index (χ3v) is 8.33. The zero-order valence-electron chi connectivity index (χ0n) is 20.4. The van der Waals surface area contributed by atoms with Crippen molar-refractivity contribution >= 4 is 63.1 Å². The number of benzene rings is 3. The van der Waals surface area contributed by atoms with Crippen LogP contribution >= 0.6 is 34.7 Å². The van der Waals surface area contributed by atoms with Crippen LogP contribution in [-0.4, -0.2) is 45.6 Å². The number of hydrogen-bond donors (Lipinski definition) is 1. The lowest BCUT2D eigenvalue weighted by Crippen LogP contribution is -2.29. The van der Waals surface area contributed by atoms with Crippen LogP contribution in [0, 0.1) is 0 Å². The Morgan fingerprint density at radius 2 is 1.69 bits per heavy atom. The van der Waals surface area contributed by atoms with Gasteiger partial charge in [0.15, 0.2) is 10.1 Å². The molecular weight excluding hydrogens is 558 g/mol. The third kappa shape index (κ3) is 5.44. The van der Waals surface area contributed by atoms with Crippen molar-refractivity contribution in [2.45, 2.75) is 10.4 Å². The van der Waals surface area contributed by atoms with E-state index in [0.29, 0.717) is 31.8 Å². The van der Waals surface area contributed by atoms with Crippen molar-refractivity contribution in [3.8, 4) is 5.75 Å². The van der Waals surface area contributed by atoms with Gasteiger partial charge in [-0.2, -0.15) is 0 Å². The Bertz CT molecular complexity index is 1570. The minimum absolute atomic E-state index is 0.0709. The van der Waals surface area contributed by atoms with E-state index >= 15 is 0 Å². The van der Waals surface area contributed by atoms with Crippen molar-refractivity contribution in [2.75, 3.05) is 17.8 Å². The summed E-state index contributed by atoms with van der Waals surface area (Å²) in [7, 11) is 1.52. The number of ketones is 2. The molecule has 1 atom stereocenters. The Kier molecular flexibility index (Phi) is 7.78. The van der Waals surface area contributed by atoms with Gasteiger partial charge in [0, 0.05) is 16.1 Å². The monoisotopic (exact) mass is 577 g/mol. The molecule has 8 nitrogen and oxygen atoms in total. The molecule has 2 heterocycles. The first-order chi connectivity index (χ1) is 18.9. The highest BCUT2D eigenvalue weighted by Crippen LogP contribution is 2.44. The van der Waals surface area contributed by atoms with E-state index in [0.717, 1.165) is 11.3 Å². The molecule has 1 aliphatic heterocycles. The topological polar surface area (TPSA) is 110 Å². The van der Waals surface area contributed by atoms with Gasteiger partial charge in [-0.1, -0.05) is 77.2 Å². The number of amides is 1. The third-order valence-electron chi connectivity index (χ3n) is 6.02. The van der Waals surface area contributed by atoms with E-state index in [1.165, 1.54) is 23.8 Å². The van der Waals surface area contributed by atoms with Gasteiger partial charge >= 0.3 is 5.91 Å². The number of nitrogens with zero attached hydrogens (tertiary/aromatic N) is 3. The predicted octanol–water partition coefficient (Wildman–Crippen LogP) is 5.80. The lowest BCUT2D eigenvalue weighted by molar-refractivity contribution is -0.132. The normalized spacial score (nSPS) is 16.5. The second kappa shape index (κ2) is 11.4. The van der Waals surface area contributed by atoms with Crippen LogP contribution in [0.3, 0.4) is 0 Å². The zero-order valence-corrected chi connectivity index (χ0v) is 22.8. The average Bonchev–Trinajstić information content (AvgIpc) is 3.54. The van der Waals surface area contributed by atoms with Crippen molar-refractivity contribution in [3.63, 3.8) is 0 Å². The molecule has 0 spiro atoms. The number of halogens is 1. The average molecular weight is 578 g/mol. The van der Waals surface area contributed by atoms with Gasteiger partial charge in [0.05, 0.1) is 24.5 Å². The molecule has 1 saturated heterocycles. The molecule has 196 valence electrons. The molecule has 0 saturated carbocycles. The smallest absolute Gasteiger partial charge is 0.301 e. The first-order valence-electron chi connectivity index (χ1n) is 11.6. The standard InChI is InChI=1S/C28H20ClN3O5S2/c1-37-20-13-9-18(10-14-20)24(34)22-23(17-7-11-19(29)12-8-17)32(26(36)25(22)35)27-30-31-28(39-27)38-15-21(33)16-5-3-2-4-6-16/h2-14,23,34H,15H2,1H3/t23-/m0/s1. The highest BCUT2D eigenvalue weighted by molar-refractivity contribution is 8.01. The highest BCUT2D eigenvalue weighted by Gasteiger charge is 2.48. The molecule has 0 bridgehead atoms. The van der Waals surface area contributed by atoms with E-state index in [2.05, 4.69) is 10.2 Å². The summed E-state index contributed by atoms with van der Waals surface area (Å²) < 4.78 is 5.63. The van der Waals surface area contributed by atoms with Crippen molar-refractivity contribution in [2.24, 2.45) is 0 Å². The fourth-order valence-corrected chi connectivity index (χ4v) is 5.98. The number of Topliss-reactive ketones (excluding diaryl/α,β-unsaturated/α-hetero) is 2. The molecule has 0 unspecified atom stereocenters. The fourth-order valence-electron chi connectivity index (χ4n) is 4.09. The molecule has 5 rings (SSSR count). The van der Waals surface area contributed by atoms with Crippen LogP contribution in [0.4, 0.5) is 5.13 Å². The van der Waals surface area contributed by atoms with Crippen molar-refractivity contribution < 1.29 is 24.2 Å². The fraction of sp³-hybridized carbons (Fsp3) is 0.107. The van der Waals surface area contributed by atoms with Crippen LogP contribution in [-0.2, 0) is 9.59 Å². The Morgan fingerprint density at radius 1 is 1.00 bits per heavy atom. The predicted molar refractivity (Wildman–Crippen MR) is 151 cm³/mol. The summed E-state index contributed by atoms with van der Waals surface area (Å²) in [5, 5.41) is 20.2. The van der Waals surface area contributed by atoms with Crippen LogP contribution in [0.1, 0.15) is 27.5 Å². The molecule has 4 aromatic rings. The number of anilines is 1. The zero-order chi connectivity index (χ0) is 27.5. The maximum atomic E-state index is 13.3. The van der Waals surface area contributed by atoms with Gasteiger partial charge in [-0.15, -0.1) is 10.2 Å². The summed E-state index contributed by atoms with van der Waals surface area (Å²) in [6.07, 6.45) is 0. The second-order valence-electron chi connectivity index (χ2n) is 8.38. The minimum Gasteiger partial charge on any atom is -0.507 e. The number of ether oxygens (including phenoxy) is 1. The number of carbonyl (C=O) groups is 3. The van der Waals surface area contributed by atoms with E-state index in [4.69, 9.17) is 16.3 Å². The first-order valence-corrected chi connectivity index (χ1v) is 13.8. The number of rotatable bonds is 8. The summed E-state index contributed by atoms with van der Waals surface area (Å²) >= 11 is 8.37. The molecule has 39 heavy (non-hydrogen) atoms. The van der Waals surface area contributed by atoms with Crippen LogP contribution < -0.4 is 9.64 Å². The lowest BCUT2D eigenvalue weighted by atomic mass is 9.95. The summed E-state index contributed by atoms with van der Waals surface area (Å²) in [4.78, 5) is 40.4. The van der Waals surface area contributed by atoms with Gasteiger partial charge in [-0.3, -0.25) is 19.3 Å². The number of aliphatic hydroxyl groups excluding tert-OH is 1. The van der Waals surface area contributed by atoms with Crippen LogP contribution in [0.15, 0.2) is 88.8 Å². The summed E-state index contributed by atoms with van der Waals surface area (Å²) in [6.45, 7) is 0. The van der Waals surface area contributed by atoms with E-state index in [1.807, 2.05) is 6.07 Å². The summed E-state index contributed by atoms with van der Waals surface area (Å²) in [6, 6.07) is 21.1. The maximum Gasteiger partial charge on any atom is 0.301 e. The second-order valence-corrected chi connectivity index (χ2v) is 11.0. The Hall–Kier alpha value is -3.99. The van der Waals surface area contributed by atoms with Crippen LogP contribution in [0.25, 0.3) is 5.76 Å². The molecule has 0 radical (unpaired) electrons. The number of thioether (sulfide) groups is 1. The van der Waals surface area contributed by atoms with Crippen molar-refractivity contribution in [1.82, 2.24) is 10.2 Å². The maximum absolute atomic E-state index is 13.3. The van der Waals surface area contributed by atoms with Crippen molar-refractivity contribution in [1.29, 1.82) is 0 Å². The Morgan fingerprint density at radius 3 is 2.36 bits per heavy atom. The summed E-state index contributed by atoms with van der Waals surface area (Å²) in [5.74, 6) is -1.39. The molecule has 1 amide bonds. The number of aromatic nitrogens is 2. The van der Waals surface area contributed by atoms with E-state index in [9.17, 15) is 19.5 Å². The molecular formula is C28H20ClN3O5S2. The van der Waals surface area contributed by atoms with Gasteiger partial charge in [0.25, 0.3) is 5.78 Å². The molecule has 1 fully saturated rings.